The lowest BCUT2D eigenvalue weighted by Gasteiger charge is -2.23. The average Bonchev–Trinajstić information content (AvgIpc) is 2.96. The third kappa shape index (κ3) is 3.67. The van der Waals surface area contributed by atoms with Crippen LogP contribution >= 0.6 is 0 Å². The molecule has 0 atom stereocenters. The van der Waals surface area contributed by atoms with Crippen molar-refractivity contribution >= 4 is 33.2 Å². The number of hydrogen-bond donors (Lipinski definition) is 0. The molecule has 0 spiro atoms. The van der Waals surface area contributed by atoms with Crippen molar-refractivity contribution in [1.29, 1.82) is 0 Å². The molecule has 0 saturated carbocycles. The number of pyridine rings is 1. The van der Waals surface area contributed by atoms with Crippen molar-refractivity contribution in [2.24, 2.45) is 0 Å². The van der Waals surface area contributed by atoms with Crippen LogP contribution in [0.25, 0.3) is 55.6 Å². The van der Waals surface area contributed by atoms with Gasteiger partial charge >= 0.3 is 0 Å². The van der Waals surface area contributed by atoms with E-state index in [1.54, 1.807) is 0 Å². The molecule has 1 aliphatic rings. The van der Waals surface area contributed by atoms with Gasteiger partial charge in [-0.3, -0.25) is 4.98 Å². The van der Waals surface area contributed by atoms with E-state index in [2.05, 4.69) is 121 Å². The maximum absolute atomic E-state index is 4.55. The SMILES string of the molecule is Cc1ccccc1-c1c2ccccc2c(C2=Cc3ccc(-c4ccccn4)cc3CC2)c2ccccc12. The molecule has 0 N–H and O–H groups in total. The Balaban J connectivity index is 1.46. The second-order valence-electron chi connectivity index (χ2n) is 9.95. The van der Waals surface area contributed by atoms with Crippen molar-refractivity contribution < 1.29 is 0 Å². The van der Waals surface area contributed by atoms with Crippen LogP contribution in [-0.2, 0) is 6.42 Å². The highest BCUT2D eigenvalue weighted by atomic mass is 14.7. The van der Waals surface area contributed by atoms with Gasteiger partial charge in [0.25, 0.3) is 0 Å². The number of aryl methyl sites for hydroxylation is 2. The minimum atomic E-state index is 1.02. The molecule has 0 unspecified atom stereocenters. The molecule has 0 amide bonds. The second kappa shape index (κ2) is 8.87. The molecule has 0 radical (unpaired) electrons. The Morgan fingerprint density at radius 3 is 1.92 bits per heavy atom. The lowest BCUT2D eigenvalue weighted by molar-refractivity contribution is 1.00. The summed E-state index contributed by atoms with van der Waals surface area (Å²) in [4.78, 5) is 4.55. The summed E-state index contributed by atoms with van der Waals surface area (Å²) in [5, 5.41) is 5.31. The fraction of sp³-hybridized carbons (Fsp3) is 0.0833. The monoisotopic (exact) mass is 473 g/mol. The average molecular weight is 474 g/mol. The predicted molar refractivity (Wildman–Crippen MR) is 157 cm³/mol. The number of fused-ring (bicyclic) bond motifs is 3. The molecule has 0 aliphatic heterocycles. The number of rotatable bonds is 3. The lowest BCUT2D eigenvalue weighted by Crippen LogP contribution is -2.02. The molecule has 1 nitrogen and oxygen atoms in total. The Morgan fingerprint density at radius 2 is 1.24 bits per heavy atom. The minimum absolute atomic E-state index is 1.02. The summed E-state index contributed by atoms with van der Waals surface area (Å²) in [5.41, 5.74) is 11.7. The molecule has 1 heteroatoms. The van der Waals surface area contributed by atoms with Gasteiger partial charge in [-0.2, -0.15) is 0 Å². The van der Waals surface area contributed by atoms with E-state index >= 15 is 0 Å². The van der Waals surface area contributed by atoms with E-state index in [0.29, 0.717) is 0 Å². The van der Waals surface area contributed by atoms with E-state index in [1.807, 2.05) is 12.3 Å². The van der Waals surface area contributed by atoms with Crippen LogP contribution < -0.4 is 0 Å². The maximum atomic E-state index is 4.55. The van der Waals surface area contributed by atoms with Crippen LogP contribution in [0, 0.1) is 6.92 Å². The molecule has 37 heavy (non-hydrogen) atoms. The summed E-state index contributed by atoms with van der Waals surface area (Å²) >= 11 is 0. The van der Waals surface area contributed by atoms with Crippen LogP contribution in [0.15, 0.2) is 115 Å². The topological polar surface area (TPSA) is 12.9 Å². The zero-order valence-electron chi connectivity index (χ0n) is 20.9. The van der Waals surface area contributed by atoms with Crippen LogP contribution in [0.4, 0.5) is 0 Å². The van der Waals surface area contributed by atoms with E-state index in [4.69, 9.17) is 0 Å². The molecular formula is C36H27N. The van der Waals surface area contributed by atoms with Crippen molar-refractivity contribution in [1.82, 2.24) is 4.98 Å². The summed E-state index contributed by atoms with van der Waals surface area (Å²) in [6.07, 6.45) is 6.34. The van der Waals surface area contributed by atoms with Crippen molar-refractivity contribution in [3.8, 4) is 22.4 Å². The first-order chi connectivity index (χ1) is 18.3. The van der Waals surface area contributed by atoms with Gasteiger partial charge in [-0.15, -0.1) is 0 Å². The Labute approximate surface area is 217 Å². The first-order valence-electron chi connectivity index (χ1n) is 13.0. The number of allylic oxidation sites excluding steroid dienone is 1. The third-order valence-electron chi connectivity index (χ3n) is 7.76. The fourth-order valence-corrected chi connectivity index (χ4v) is 6.00. The van der Waals surface area contributed by atoms with Gasteiger partial charge in [0.1, 0.15) is 0 Å². The Hall–Kier alpha value is -4.49. The molecule has 7 rings (SSSR count). The van der Waals surface area contributed by atoms with Gasteiger partial charge < -0.3 is 0 Å². The van der Waals surface area contributed by atoms with Crippen LogP contribution in [-0.4, -0.2) is 4.98 Å². The highest BCUT2D eigenvalue weighted by Crippen LogP contribution is 2.45. The van der Waals surface area contributed by atoms with Crippen molar-refractivity contribution in [2.45, 2.75) is 19.8 Å². The fourth-order valence-electron chi connectivity index (χ4n) is 6.00. The van der Waals surface area contributed by atoms with Gasteiger partial charge in [-0.05, 0) is 98.5 Å². The van der Waals surface area contributed by atoms with Crippen molar-refractivity contribution in [2.75, 3.05) is 0 Å². The van der Waals surface area contributed by atoms with Gasteiger partial charge in [-0.25, -0.2) is 0 Å². The van der Waals surface area contributed by atoms with Crippen LogP contribution in [0.2, 0.25) is 0 Å². The van der Waals surface area contributed by atoms with Crippen LogP contribution in [0.1, 0.15) is 28.7 Å². The molecule has 0 bridgehead atoms. The van der Waals surface area contributed by atoms with Gasteiger partial charge in [0.2, 0.25) is 0 Å². The number of nitrogens with zero attached hydrogens (tertiary/aromatic N) is 1. The molecule has 1 heterocycles. The molecule has 0 saturated heterocycles. The van der Waals surface area contributed by atoms with E-state index in [9.17, 15) is 0 Å². The van der Waals surface area contributed by atoms with E-state index in [-0.39, 0.29) is 0 Å². The number of benzene rings is 5. The summed E-state index contributed by atoms with van der Waals surface area (Å²) in [6, 6.07) is 39.6. The number of aromatic nitrogens is 1. The quantitative estimate of drug-likeness (QED) is 0.233. The first kappa shape index (κ1) is 21.8. The van der Waals surface area contributed by atoms with Gasteiger partial charge in [0.05, 0.1) is 5.69 Å². The summed E-state index contributed by atoms with van der Waals surface area (Å²) in [7, 11) is 0. The zero-order valence-corrected chi connectivity index (χ0v) is 20.9. The minimum Gasteiger partial charge on any atom is -0.256 e. The Morgan fingerprint density at radius 1 is 0.595 bits per heavy atom. The van der Waals surface area contributed by atoms with E-state index < -0.39 is 0 Å². The molecule has 1 aliphatic carbocycles. The van der Waals surface area contributed by atoms with Gasteiger partial charge in [0, 0.05) is 11.8 Å². The van der Waals surface area contributed by atoms with E-state index in [0.717, 1.165) is 18.5 Å². The highest BCUT2D eigenvalue weighted by molar-refractivity contribution is 6.20. The number of hydrogen-bond acceptors (Lipinski definition) is 1. The molecule has 176 valence electrons. The Bertz CT molecular complexity index is 1770. The first-order valence-corrected chi connectivity index (χ1v) is 13.0. The standard InChI is InChI=1S/C36H27N/c1-24-10-2-3-11-29(24)36-32-14-6-4-12-30(32)35(31-13-5-7-15-33(31)36)28-20-18-25-22-27(19-17-26(25)23-28)34-16-8-9-21-37-34/h2-17,19,21-23H,18,20H2,1H3. The highest BCUT2D eigenvalue weighted by Gasteiger charge is 2.20. The van der Waals surface area contributed by atoms with Crippen molar-refractivity contribution in [3.05, 3.63) is 138 Å². The molecule has 0 fully saturated rings. The maximum Gasteiger partial charge on any atom is 0.0702 e. The molecule has 6 aromatic rings. The van der Waals surface area contributed by atoms with Gasteiger partial charge in [-0.1, -0.05) is 97.1 Å². The summed E-state index contributed by atoms with van der Waals surface area (Å²) < 4.78 is 0. The zero-order chi connectivity index (χ0) is 24.8. The second-order valence-corrected chi connectivity index (χ2v) is 9.95. The molecule has 5 aromatic carbocycles. The predicted octanol–water partition coefficient (Wildman–Crippen LogP) is 9.52. The lowest BCUT2D eigenvalue weighted by atomic mass is 9.81. The normalized spacial score (nSPS) is 12.9. The van der Waals surface area contributed by atoms with Crippen molar-refractivity contribution in [3.63, 3.8) is 0 Å². The van der Waals surface area contributed by atoms with Crippen LogP contribution in [0.5, 0.6) is 0 Å². The smallest absolute Gasteiger partial charge is 0.0702 e. The largest absolute Gasteiger partial charge is 0.256 e. The third-order valence-corrected chi connectivity index (χ3v) is 7.76. The van der Waals surface area contributed by atoms with E-state index in [1.165, 1.54) is 66.1 Å². The molecular weight excluding hydrogens is 446 g/mol. The van der Waals surface area contributed by atoms with Crippen LogP contribution in [0.3, 0.4) is 0 Å². The Kier molecular flexibility index (Phi) is 5.22. The molecule has 1 aromatic heterocycles. The summed E-state index contributed by atoms with van der Waals surface area (Å²) in [6.45, 7) is 2.21. The summed E-state index contributed by atoms with van der Waals surface area (Å²) in [5.74, 6) is 0. The van der Waals surface area contributed by atoms with Gasteiger partial charge in [0.15, 0.2) is 0 Å².